The molecule has 64 valence electrons. The Morgan fingerprint density at radius 2 is 2.18 bits per heavy atom. The number of ether oxygens (including phenoxy) is 1. The standard InChI is InChI=1S/C5H7ClO4S/c1-2-10-5(7)3-4-11(6,8)9/h3-4H,2H2,1H3/b4-3-. The van der Waals surface area contributed by atoms with Crippen LogP contribution in [-0.2, 0) is 18.6 Å². The Morgan fingerprint density at radius 1 is 1.64 bits per heavy atom. The SMILES string of the molecule is CCOC(=O)/C=C\S(=O)(=O)Cl. The number of rotatable bonds is 3. The normalized spacial score (nSPS) is 11.8. The molecule has 0 spiro atoms. The minimum atomic E-state index is -3.75. The molecule has 0 atom stereocenters. The zero-order valence-electron chi connectivity index (χ0n) is 5.78. The maximum absolute atomic E-state index is 10.5. The largest absolute Gasteiger partial charge is 0.463 e. The Balaban J connectivity index is 4.05. The molecule has 0 amide bonds. The summed E-state index contributed by atoms with van der Waals surface area (Å²) in [5, 5.41) is 0.576. The van der Waals surface area contributed by atoms with E-state index in [-0.39, 0.29) is 6.61 Å². The molecule has 0 radical (unpaired) electrons. The van der Waals surface area contributed by atoms with Gasteiger partial charge in [0.05, 0.1) is 12.0 Å². The molecule has 0 aromatic rings. The van der Waals surface area contributed by atoms with Crippen LogP contribution >= 0.6 is 10.7 Å². The van der Waals surface area contributed by atoms with E-state index in [0.29, 0.717) is 5.41 Å². The lowest BCUT2D eigenvalue weighted by Gasteiger charge is -1.92. The highest BCUT2D eigenvalue weighted by Crippen LogP contribution is 1.97. The first-order chi connectivity index (χ1) is 4.95. The maximum atomic E-state index is 10.5. The Labute approximate surface area is 69.2 Å². The molecular weight excluding hydrogens is 192 g/mol. The van der Waals surface area contributed by atoms with Crippen molar-refractivity contribution >= 4 is 25.7 Å². The lowest BCUT2D eigenvalue weighted by Crippen LogP contribution is -1.99. The molecule has 0 bridgehead atoms. The summed E-state index contributed by atoms with van der Waals surface area (Å²) in [6.45, 7) is 1.81. The summed E-state index contributed by atoms with van der Waals surface area (Å²) in [6, 6.07) is 0. The fourth-order valence-electron chi connectivity index (χ4n) is 0.327. The van der Waals surface area contributed by atoms with Crippen LogP contribution in [0.2, 0.25) is 0 Å². The van der Waals surface area contributed by atoms with Crippen molar-refractivity contribution in [2.75, 3.05) is 6.61 Å². The predicted molar refractivity (Wildman–Crippen MR) is 40.5 cm³/mol. The Morgan fingerprint density at radius 3 is 2.55 bits per heavy atom. The molecule has 0 aliphatic carbocycles. The van der Waals surface area contributed by atoms with Crippen molar-refractivity contribution in [2.45, 2.75) is 6.92 Å². The third-order valence-corrected chi connectivity index (χ3v) is 1.42. The van der Waals surface area contributed by atoms with Gasteiger partial charge in [0.25, 0.3) is 9.05 Å². The highest BCUT2D eigenvalue weighted by atomic mass is 35.7. The van der Waals surface area contributed by atoms with Gasteiger partial charge in [0.2, 0.25) is 0 Å². The van der Waals surface area contributed by atoms with Gasteiger partial charge in [-0.2, -0.15) is 0 Å². The summed E-state index contributed by atoms with van der Waals surface area (Å²) in [5.74, 6) is -0.725. The maximum Gasteiger partial charge on any atom is 0.331 e. The smallest absolute Gasteiger partial charge is 0.331 e. The molecule has 0 aromatic carbocycles. The van der Waals surface area contributed by atoms with Crippen LogP contribution in [0.15, 0.2) is 11.5 Å². The van der Waals surface area contributed by atoms with E-state index in [1.54, 1.807) is 6.92 Å². The van der Waals surface area contributed by atoms with Crippen molar-refractivity contribution in [3.8, 4) is 0 Å². The summed E-state index contributed by atoms with van der Waals surface area (Å²) in [5.41, 5.74) is 0. The molecule has 0 rings (SSSR count). The van der Waals surface area contributed by atoms with E-state index < -0.39 is 15.0 Å². The van der Waals surface area contributed by atoms with Gasteiger partial charge < -0.3 is 4.74 Å². The molecule has 0 unspecified atom stereocenters. The van der Waals surface area contributed by atoms with E-state index in [9.17, 15) is 13.2 Å². The zero-order valence-corrected chi connectivity index (χ0v) is 7.35. The quantitative estimate of drug-likeness (QED) is 0.379. The second kappa shape index (κ2) is 4.35. The van der Waals surface area contributed by atoms with Gasteiger partial charge in [-0.15, -0.1) is 0 Å². The molecule has 0 aliphatic rings. The first-order valence-electron chi connectivity index (χ1n) is 2.75. The predicted octanol–water partition coefficient (Wildman–Crippen LogP) is 0.632. The first kappa shape index (κ1) is 10.4. The number of hydrogen-bond acceptors (Lipinski definition) is 4. The van der Waals surface area contributed by atoms with Gasteiger partial charge in [-0.25, -0.2) is 13.2 Å². The number of carbonyl (C=O) groups excluding carboxylic acids is 1. The monoisotopic (exact) mass is 198 g/mol. The molecule has 0 fully saturated rings. The van der Waals surface area contributed by atoms with Crippen molar-refractivity contribution in [3.63, 3.8) is 0 Å². The van der Waals surface area contributed by atoms with Crippen LogP contribution in [-0.4, -0.2) is 21.0 Å². The van der Waals surface area contributed by atoms with Gasteiger partial charge in [-0.05, 0) is 6.92 Å². The molecule has 0 aliphatic heterocycles. The molecule has 0 N–H and O–H groups in total. The Hall–Kier alpha value is -0.550. The van der Waals surface area contributed by atoms with Crippen molar-refractivity contribution in [1.82, 2.24) is 0 Å². The minimum Gasteiger partial charge on any atom is -0.463 e. The topological polar surface area (TPSA) is 60.4 Å². The van der Waals surface area contributed by atoms with Gasteiger partial charge in [-0.3, -0.25) is 0 Å². The highest BCUT2D eigenvalue weighted by molar-refractivity contribution is 8.16. The minimum absolute atomic E-state index is 0.200. The molecule has 6 heteroatoms. The van der Waals surface area contributed by atoms with Gasteiger partial charge in [0.15, 0.2) is 0 Å². The van der Waals surface area contributed by atoms with Crippen LogP contribution in [0.3, 0.4) is 0 Å². The molecule has 0 saturated heterocycles. The van der Waals surface area contributed by atoms with Crippen LogP contribution in [0.4, 0.5) is 0 Å². The van der Waals surface area contributed by atoms with E-state index >= 15 is 0 Å². The lowest BCUT2D eigenvalue weighted by molar-refractivity contribution is -0.137. The van der Waals surface area contributed by atoms with Crippen LogP contribution in [0.5, 0.6) is 0 Å². The first-order valence-corrected chi connectivity index (χ1v) is 5.12. The van der Waals surface area contributed by atoms with E-state index in [4.69, 9.17) is 10.7 Å². The van der Waals surface area contributed by atoms with E-state index in [1.807, 2.05) is 0 Å². The Kier molecular flexibility index (Phi) is 4.14. The summed E-state index contributed by atoms with van der Waals surface area (Å²) in [6.07, 6.45) is 0.756. The summed E-state index contributed by atoms with van der Waals surface area (Å²) >= 11 is 0. The van der Waals surface area contributed by atoms with Gasteiger partial charge in [0.1, 0.15) is 0 Å². The number of hydrogen-bond donors (Lipinski definition) is 0. The van der Waals surface area contributed by atoms with Gasteiger partial charge in [-0.1, -0.05) is 0 Å². The van der Waals surface area contributed by atoms with Crippen LogP contribution in [0.1, 0.15) is 6.92 Å². The van der Waals surface area contributed by atoms with E-state index in [1.165, 1.54) is 0 Å². The van der Waals surface area contributed by atoms with Gasteiger partial charge >= 0.3 is 5.97 Å². The molecule has 0 aromatic heterocycles. The lowest BCUT2D eigenvalue weighted by atomic mass is 10.6. The number of carbonyl (C=O) groups is 1. The van der Waals surface area contributed by atoms with E-state index in [0.717, 1.165) is 6.08 Å². The second-order valence-corrected chi connectivity index (χ2v) is 4.04. The van der Waals surface area contributed by atoms with E-state index in [2.05, 4.69) is 4.74 Å². The summed E-state index contributed by atoms with van der Waals surface area (Å²) in [4.78, 5) is 10.5. The number of esters is 1. The Bertz CT molecular complexity index is 254. The molecule has 0 saturated carbocycles. The highest BCUT2D eigenvalue weighted by Gasteiger charge is 1.99. The summed E-state index contributed by atoms with van der Waals surface area (Å²) < 4.78 is 24.8. The van der Waals surface area contributed by atoms with Gasteiger partial charge in [0, 0.05) is 16.8 Å². The van der Waals surface area contributed by atoms with Crippen LogP contribution in [0, 0.1) is 0 Å². The molecule has 0 heterocycles. The van der Waals surface area contributed by atoms with Crippen LogP contribution in [0.25, 0.3) is 0 Å². The molecular formula is C5H7ClO4S. The number of halogens is 1. The third-order valence-electron chi connectivity index (χ3n) is 0.653. The molecule has 11 heavy (non-hydrogen) atoms. The van der Waals surface area contributed by atoms with Crippen molar-refractivity contribution in [1.29, 1.82) is 0 Å². The zero-order chi connectivity index (χ0) is 8.91. The fourth-order valence-corrected chi connectivity index (χ4v) is 0.755. The van der Waals surface area contributed by atoms with Crippen LogP contribution < -0.4 is 0 Å². The fraction of sp³-hybridized carbons (Fsp3) is 0.400. The average Bonchev–Trinajstić information content (AvgIpc) is 1.83. The van der Waals surface area contributed by atoms with Crippen molar-refractivity contribution in [3.05, 3.63) is 11.5 Å². The third kappa shape index (κ3) is 7.35. The second-order valence-electron chi connectivity index (χ2n) is 1.53. The van der Waals surface area contributed by atoms with Crippen molar-refractivity contribution < 1.29 is 17.9 Å². The molecule has 4 nitrogen and oxygen atoms in total. The summed E-state index contributed by atoms with van der Waals surface area (Å²) in [7, 11) is 1.01. The average molecular weight is 199 g/mol. The van der Waals surface area contributed by atoms with Crippen molar-refractivity contribution in [2.24, 2.45) is 0 Å².